The highest BCUT2D eigenvalue weighted by molar-refractivity contribution is 5.97. The third kappa shape index (κ3) is 7.20. The lowest BCUT2D eigenvalue weighted by Crippen LogP contribution is -2.47. The summed E-state index contributed by atoms with van der Waals surface area (Å²) < 4.78 is 0. The first kappa shape index (κ1) is 23.7. The van der Waals surface area contributed by atoms with Crippen LogP contribution in [0.1, 0.15) is 19.4 Å². The van der Waals surface area contributed by atoms with Gasteiger partial charge in [0.2, 0.25) is 11.8 Å². The molecule has 0 spiro atoms. The molecule has 2 amide bonds. The molecule has 1 saturated heterocycles. The van der Waals surface area contributed by atoms with Crippen molar-refractivity contribution in [1.82, 2.24) is 9.80 Å². The fourth-order valence-electron chi connectivity index (χ4n) is 2.39. The largest absolute Gasteiger partial charge is 0.340 e. The van der Waals surface area contributed by atoms with E-state index in [1.807, 2.05) is 23.1 Å². The van der Waals surface area contributed by atoms with Gasteiger partial charge in [0, 0.05) is 31.9 Å². The number of nitrogens with two attached hydrogens (primary N) is 1. The van der Waals surface area contributed by atoms with Crippen molar-refractivity contribution in [2.45, 2.75) is 25.8 Å². The lowest BCUT2D eigenvalue weighted by atomic mass is 10.1. The molecule has 2 rings (SSSR count). The number of halogens is 2. The summed E-state index contributed by atoms with van der Waals surface area (Å²) >= 11 is 0. The molecule has 1 aliphatic rings. The molecule has 0 atom stereocenters. The summed E-state index contributed by atoms with van der Waals surface area (Å²) in [6, 6.07) is 7.37. The van der Waals surface area contributed by atoms with Crippen molar-refractivity contribution in [2.75, 3.05) is 38.5 Å². The number of amides is 2. The van der Waals surface area contributed by atoms with Crippen LogP contribution in [0.3, 0.4) is 0 Å². The van der Waals surface area contributed by atoms with Crippen molar-refractivity contribution < 1.29 is 9.59 Å². The Bertz CT molecular complexity index is 582. The van der Waals surface area contributed by atoms with Crippen LogP contribution < -0.4 is 11.1 Å². The molecule has 6 nitrogen and oxygen atoms in total. The van der Waals surface area contributed by atoms with Crippen molar-refractivity contribution in [1.29, 1.82) is 0 Å². The van der Waals surface area contributed by atoms with Crippen molar-refractivity contribution in [3.63, 3.8) is 0 Å². The second-order valence-corrected chi connectivity index (χ2v) is 6.74. The van der Waals surface area contributed by atoms with E-state index >= 15 is 0 Å². The standard InChI is InChI=1S/C17H26N4O2.2ClH/c1-17(2,18)16(23)19-14-6-4-5-13(11-14)12-15(22)21-9-7-20(3)8-10-21;;/h4-6,11H,7-10,12,18H2,1-3H3,(H,19,23);2*1H. The Kier molecular flexibility index (Phi) is 9.43. The number of nitrogens with zero attached hydrogens (tertiary/aromatic N) is 2. The van der Waals surface area contributed by atoms with Crippen LogP contribution in [0.25, 0.3) is 0 Å². The molecule has 1 heterocycles. The molecule has 0 unspecified atom stereocenters. The lowest BCUT2D eigenvalue weighted by Gasteiger charge is -2.32. The zero-order valence-corrected chi connectivity index (χ0v) is 16.6. The quantitative estimate of drug-likeness (QED) is 0.816. The van der Waals surface area contributed by atoms with Gasteiger partial charge in [-0.3, -0.25) is 9.59 Å². The fraction of sp³-hybridized carbons (Fsp3) is 0.529. The Morgan fingerprint density at radius 2 is 1.76 bits per heavy atom. The smallest absolute Gasteiger partial charge is 0.243 e. The summed E-state index contributed by atoms with van der Waals surface area (Å²) in [4.78, 5) is 28.4. The summed E-state index contributed by atoms with van der Waals surface area (Å²) in [5.41, 5.74) is 6.39. The van der Waals surface area contributed by atoms with Gasteiger partial charge in [0.05, 0.1) is 12.0 Å². The molecular formula is C17H28Cl2N4O2. The normalized spacial score (nSPS) is 15.0. The summed E-state index contributed by atoms with van der Waals surface area (Å²) in [7, 11) is 2.06. The molecule has 1 aromatic carbocycles. The summed E-state index contributed by atoms with van der Waals surface area (Å²) in [6.07, 6.45) is 0.347. The second-order valence-electron chi connectivity index (χ2n) is 6.74. The van der Waals surface area contributed by atoms with E-state index in [1.54, 1.807) is 19.9 Å². The van der Waals surface area contributed by atoms with Gasteiger partial charge in [-0.1, -0.05) is 12.1 Å². The highest BCUT2D eigenvalue weighted by Crippen LogP contribution is 2.14. The van der Waals surface area contributed by atoms with E-state index in [9.17, 15) is 9.59 Å². The fourth-order valence-corrected chi connectivity index (χ4v) is 2.39. The van der Waals surface area contributed by atoms with E-state index in [4.69, 9.17) is 5.73 Å². The van der Waals surface area contributed by atoms with Crippen LogP contribution in [0.5, 0.6) is 0 Å². The Labute approximate surface area is 161 Å². The Morgan fingerprint density at radius 1 is 1.16 bits per heavy atom. The number of carbonyl (C=O) groups excluding carboxylic acids is 2. The molecule has 3 N–H and O–H groups in total. The second kappa shape index (κ2) is 9.97. The Hall–Kier alpha value is -1.34. The van der Waals surface area contributed by atoms with Crippen molar-refractivity contribution >= 4 is 42.3 Å². The van der Waals surface area contributed by atoms with Gasteiger partial charge in [-0.05, 0) is 38.6 Å². The average Bonchev–Trinajstić information content (AvgIpc) is 2.47. The van der Waals surface area contributed by atoms with Gasteiger partial charge in [-0.15, -0.1) is 24.8 Å². The number of likely N-dealkylation sites (N-methyl/N-ethyl adjacent to an activating group) is 1. The SMILES string of the molecule is CN1CCN(C(=O)Cc2cccc(NC(=O)C(C)(C)N)c2)CC1.Cl.Cl. The number of benzene rings is 1. The van der Waals surface area contributed by atoms with Crippen LogP contribution in [0.15, 0.2) is 24.3 Å². The van der Waals surface area contributed by atoms with Gasteiger partial charge in [0.25, 0.3) is 0 Å². The Morgan fingerprint density at radius 3 is 2.32 bits per heavy atom. The molecule has 0 aliphatic carbocycles. The van der Waals surface area contributed by atoms with Gasteiger partial charge in [0.15, 0.2) is 0 Å². The maximum absolute atomic E-state index is 12.4. The molecule has 1 fully saturated rings. The molecular weight excluding hydrogens is 363 g/mol. The number of rotatable bonds is 4. The van der Waals surface area contributed by atoms with E-state index in [2.05, 4.69) is 17.3 Å². The monoisotopic (exact) mass is 390 g/mol. The first-order valence-corrected chi connectivity index (χ1v) is 7.91. The highest BCUT2D eigenvalue weighted by Gasteiger charge is 2.22. The van der Waals surface area contributed by atoms with E-state index < -0.39 is 5.54 Å². The highest BCUT2D eigenvalue weighted by atomic mass is 35.5. The molecule has 8 heteroatoms. The first-order chi connectivity index (χ1) is 10.8. The van der Waals surface area contributed by atoms with Crippen LogP contribution in [-0.4, -0.2) is 60.4 Å². The Balaban J connectivity index is 0.00000288. The van der Waals surface area contributed by atoms with Gasteiger partial charge in [0.1, 0.15) is 0 Å². The molecule has 25 heavy (non-hydrogen) atoms. The minimum Gasteiger partial charge on any atom is -0.340 e. The minimum absolute atomic E-state index is 0. The predicted molar refractivity (Wildman–Crippen MR) is 106 cm³/mol. The zero-order valence-electron chi connectivity index (χ0n) is 14.9. The van der Waals surface area contributed by atoms with E-state index in [-0.39, 0.29) is 36.6 Å². The van der Waals surface area contributed by atoms with Gasteiger partial charge < -0.3 is 20.9 Å². The van der Waals surface area contributed by atoms with Crippen molar-refractivity contribution in [3.8, 4) is 0 Å². The molecule has 0 saturated carbocycles. The van der Waals surface area contributed by atoms with E-state index in [0.717, 1.165) is 31.7 Å². The summed E-state index contributed by atoms with van der Waals surface area (Å²) in [6.45, 7) is 6.67. The van der Waals surface area contributed by atoms with E-state index in [0.29, 0.717) is 12.1 Å². The van der Waals surface area contributed by atoms with Crippen LogP contribution in [-0.2, 0) is 16.0 Å². The maximum atomic E-state index is 12.4. The maximum Gasteiger partial charge on any atom is 0.243 e. The number of hydrogen-bond acceptors (Lipinski definition) is 4. The molecule has 0 aromatic heterocycles. The number of hydrogen-bond donors (Lipinski definition) is 2. The molecule has 1 aromatic rings. The first-order valence-electron chi connectivity index (χ1n) is 7.91. The predicted octanol–water partition coefficient (Wildman–Crippen LogP) is 1.52. The average molecular weight is 391 g/mol. The lowest BCUT2D eigenvalue weighted by molar-refractivity contribution is -0.132. The molecule has 1 aliphatic heterocycles. The van der Waals surface area contributed by atoms with Gasteiger partial charge in [-0.25, -0.2) is 0 Å². The minimum atomic E-state index is -0.939. The summed E-state index contributed by atoms with van der Waals surface area (Å²) in [5.74, 6) is -0.124. The topological polar surface area (TPSA) is 78.7 Å². The van der Waals surface area contributed by atoms with Crippen LogP contribution >= 0.6 is 24.8 Å². The molecule has 0 bridgehead atoms. The molecule has 142 valence electrons. The summed E-state index contributed by atoms with van der Waals surface area (Å²) in [5, 5.41) is 2.79. The van der Waals surface area contributed by atoms with Crippen molar-refractivity contribution in [3.05, 3.63) is 29.8 Å². The van der Waals surface area contributed by atoms with Crippen molar-refractivity contribution in [2.24, 2.45) is 5.73 Å². The van der Waals surface area contributed by atoms with Gasteiger partial charge >= 0.3 is 0 Å². The van der Waals surface area contributed by atoms with Crippen LogP contribution in [0.2, 0.25) is 0 Å². The third-order valence-electron chi connectivity index (χ3n) is 3.98. The number of anilines is 1. The molecule has 0 radical (unpaired) electrons. The number of nitrogens with one attached hydrogen (secondary N) is 1. The zero-order chi connectivity index (χ0) is 17.0. The van der Waals surface area contributed by atoms with Crippen LogP contribution in [0, 0.1) is 0 Å². The third-order valence-corrected chi connectivity index (χ3v) is 3.98. The van der Waals surface area contributed by atoms with E-state index in [1.165, 1.54) is 0 Å². The van der Waals surface area contributed by atoms with Gasteiger partial charge in [-0.2, -0.15) is 0 Å². The number of piperazine rings is 1. The van der Waals surface area contributed by atoms with Crippen LogP contribution in [0.4, 0.5) is 5.69 Å². The number of carbonyl (C=O) groups is 2.